The average molecular weight is 299 g/mol. The summed E-state index contributed by atoms with van der Waals surface area (Å²) in [5.74, 6) is 0. The summed E-state index contributed by atoms with van der Waals surface area (Å²) in [5, 5.41) is 0.381. The van der Waals surface area contributed by atoms with Crippen LogP contribution in [0.3, 0.4) is 0 Å². The Hall–Kier alpha value is -2.40. The minimum Gasteiger partial charge on any atom is -0.360 e. The number of rotatable bonds is 2. The standard InChI is InChI=1S/C16H13NO3S/c1-11-7-8-14-13(9-11)16(18)15(10-17-14)21(19,20)12-5-3-2-4-6-12/h2-10H,1H3,(H,17,18). The van der Waals surface area contributed by atoms with Crippen molar-refractivity contribution in [3.05, 3.63) is 70.5 Å². The molecule has 3 rings (SSSR count). The Morgan fingerprint density at radius 1 is 1.00 bits per heavy atom. The minimum atomic E-state index is -3.82. The number of hydrogen-bond acceptors (Lipinski definition) is 3. The molecule has 0 bridgehead atoms. The lowest BCUT2D eigenvalue weighted by molar-refractivity contribution is 0.595. The van der Waals surface area contributed by atoms with E-state index < -0.39 is 15.3 Å². The van der Waals surface area contributed by atoms with Crippen LogP contribution < -0.4 is 5.43 Å². The SMILES string of the molecule is Cc1ccc2[nH]cc(S(=O)(=O)c3ccccc3)c(=O)c2c1. The van der Waals surface area contributed by atoms with E-state index in [0.717, 1.165) is 5.56 Å². The molecule has 0 unspecified atom stereocenters. The largest absolute Gasteiger partial charge is 0.360 e. The number of aromatic nitrogens is 1. The number of hydrogen-bond donors (Lipinski definition) is 1. The summed E-state index contributed by atoms with van der Waals surface area (Å²) >= 11 is 0. The van der Waals surface area contributed by atoms with Crippen LogP contribution in [0.5, 0.6) is 0 Å². The summed E-state index contributed by atoms with van der Waals surface area (Å²) in [4.78, 5) is 15.3. The van der Waals surface area contributed by atoms with Gasteiger partial charge in [0.1, 0.15) is 4.90 Å². The van der Waals surface area contributed by atoms with Crippen LogP contribution in [-0.4, -0.2) is 13.4 Å². The molecule has 0 aliphatic carbocycles. The van der Waals surface area contributed by atoms with Crippen LogP contribution in [-0.2, 0) is 9.84 Å². The second kappa shape index (κ2) is 4.86. The van der Waals surface area contributed by atoms with Crippen LogP contribution >= 0.6 is 0 Å². The number of H-pyrrole nitrogens is 1. The van der Waals surface area contributed by atoms with Gasteiger partial charge in [-0.2, -0.15) is 0 Å². The Morgan fingerprint density at radius 3 is 2.43 bits per heavy atom. The molecule has 5 heteroatoms. The zero-order valence-electron chi connectivity index (χ0n) is 11.3. The Labute approximate surface area is 122 Å². The number of fused-ring (bicyclic) bond motifs is 1. The van der Waals surface area contributed by atoms with Crippen LogP contribution in [0.4, 0.5) is 0 Å². The van der Waals surface area contributed by atoms with Gasteiger partial charge >= 0.3 is 0 Å². The van der Waals surface area contributed by atoms with E-state index in [1.165, 1.54) is 18.3 Å². The van der Waals surface area contributed by atoms with E-state index in [0.29, 0.717) is 10.9 Å². The smallest absolute Gasteiger partial charge is 0.211 e. The molecular weight excluding hydrogens is 286 g/mol. The highest BCUT2D eigenvalue weighted by Crippen LogP contribution is 2.19. The number of aromatic amines is 1. The van der Waals surface area contributed by atoms with Gasteiger partial charge in [0, 0.05) is 17.1 Å². The molecule has 0 saturated carbocycles. The Bertz CT molecular complexity index is 973. The maximum atomic E-state index is 12.6. The third-order valence-corrected chi connectivity index (χ3v) is 5.12. The van der Waals surface area contributed by atoms with Crippen molar-refractivity contribution < 1.29 is 8.42 Å². The van der Waals surface area contributed by atoms with Crippen LogP contribution in [0.2, 0.25) is 0 Å². The van der Waals surface area contributed by atoms with E-state index in [1.807, 2.05) is 13.0 Å². The molecular formula is C16H13NO3S. The Morgan fingerprint density at radius 2 is 1.71 bits per heavy atom. The summed E-state index contributed by atoms with van der Waals surface area (Å²) in [6, 6.07) is 13.3. The highest BCUT2D eigenvalue weighted by molar-refractivity contribution is 7.91. The number of aryl methyl sites for hydroxylation is 1. The molecule has 1 aromatic heterocycles. The summed E-state index contributed by atoms with van der Waals surface area (Å²) in [6.07, 6.45) is 1.27. The highest BCUT2D eigenvalue weighted by atomic mass is 32.2. The molecule has 3 aromatic rings. The summed E-state index contributed by atoms with van der Waals surface area (Å²) < 4.78 is 25.1. The van der Waals surface area contributed by atoms with Crippen LogP contribution in [0.1, 0.15) is 5.56 Å². The number of nitrogens with one attached hydrogen (secondary N) is 1. The first kappa shape index (κ1) is 13.6. The fourth-order valence-corrected chi connectivity index (χ4v) is 3.58. The lowest BCUT2D eigenvalue weighted by Gasteiger charge is -2.06. The van der Waals surface area contributed by atoms with Gasteiger partial charge in [-0.15, -0.1) is 0 Å². The normalized spacial score (nSPS) is 11.7. The van der Waals surface area contributed by atoms with Crippen molar-refractivity contribution in [2.24, 2.45) is 0 Å². The number of benzene rings is 2. The zero-order valence-corrected chi connectivity index (χ0v) is 12.1. The molecule has 106 valence electrons. The topological polar surface area (TPSA) is 67.0 Å². The quantitative estimate of drug-likeness (QED) is 0.791. The molecule has 1 heterocycles. The molecule has 0 radical (unpaired) electrons. The van der Waals surface area contributed by atoms with Crippen molar-refractivity contribution in [3.8, 4) is 0 Å². The molecule has 0 aliphatic rings. The summed E-state index contributed by atoms with van der Waals surface area (Å²) in [5.41, 5.74) is 1.05. The molecule has 1 N–H and O–H groups in total. The monoisotopic (exact) mass is 299 g/mol. The average Bonchev–Trinajstić information content (AvgIpc) is 2.49. The second-order valence-corrected chi connectivity index (χ2v) is 6.77. The maximum absolute atomic E-state index is 12.6. The molecule has 0 aliphatic heterocycles. The van der Waals surface area contributed by atoms with Crippen molar-refractivity contribution in [1.82, 2.24) is 4.98 Å². The van der Waals surface area contributed by atoms with Gasteiger partial charge in [0.25, 0.3) is 0 Å². The van der Waals surface area contributed by atoms with Gasteiger partial charge in [0.15, 0.2) is 0 Å². The molecule has 0 spiro atoms. The van der Waals surface area contributed by atoms with Crippen molar-refractivity contribution in [2.45, 2.75) is 16.7 Å². The first-order valence-electron chi connectivity index (χ1n) is 6.42. The Kier molecular flexibility index (Phi) is 3.14. The number of pyridine rings is 1. The van der Waals surface area contributed by atoms with Gasteiger partial charge in [0.05, 0.1) is 4.90 Å². The van der Waals surface area contributed by atoms with Crippen molar-refractivity contribution >= 4 is 20.7 Å². The molecule has 21 heavy (non-hydrogen) atoms. The van der Waals surface area contributed by atoms with Crippen LogP contribution in [0.15, 0.2) is 69.3 Å². The van der Waals surface area contributed by atoms with Gasteiger partial charge in [-0.05, 0) is 31.2 Å². The van der Waals surface area contributed by atoms with Crippen molar-refractivity contribution in [1.29, 1.82) is 0 Å². The van der Waals surface area contributed by atoms with Gasteiger partial charge in [0.2, 0.25) is 15.3 Å². The number of sulfone groups is 1. The molecule has 0 atom stereocenters. The first-order valence-corrected chi connectivity index (χ1v) is 7.90. The van der Waals surface area contributed by atoms with Gasteiger partial charge < -0.3 is 4.98 Å². The predicted octanol–water partition coefficient (Wildman–Crippen LogP) is 2.67. The molecule has 0 amide bonds. The van der Waals surface area contributed by atoms with Gasteiger partial charge in [-0.1, -0.05) is 29.8 Å². The van der Waals surface area contributed by atoms with E-state index in [4.69, 9.17) is 0 Å². The van der Waals surface area contributed by atoms with E-state index in [2.05, 4.69) is 4.98 Å². The predicted molar refractivity (Wildman–Crippen MR) is 81.2 cm³/mol. The molecule has 0 saturated heterocycles. The third kappa shape index (κ3) is 2.25. The second-order valence-electron chi connectivity index (χ2n) is 4.85. The van der Waals surface area contributed by atoms with Crippen molar-refractivity contribution in [2.75, 3.05) is 0 Å². The lowest BCUT2D eigenvalue weighted by atomic mass is 10.1. The van der Waals surface area contributed by atoms with E-state index in [-0.39, 0.29) is 9.79 Å². The summed E-state index contributed by atoms with van der Waals surface area (Å²) in [6.45, 7) is 1.86. The maximum Gasteiger partial charge on any atom is 0.211 e. The molecule has 2 aromatic carbocycles. The molecule has 4 nitrogen and oxygen atoms in total. The van der Waals surface area contributed by atoms with Crippen molar-refractivity contribution in [3.63, 3.8) is 0 Å². The fraction of sp³-hybridized carbons (Fsp3) is 0.0625. The van der Waals surface area contributed by atoms with Gasteiger partial charge in [-0.3, -0.25) is 4.79 Å². The van der Waals surface area contributed by atoms with Gasteiger partial charge in [-0.25, -0.2) is 8.42 Å². The fourth-order valence-electron chi connectivity index (χ4n) is 2.24. The first-order chi connectivity index (χ1) is 10.00. The lowest BCUT2D eigenvalue weighted by Crippen LogP contribution is -2.16. The van der Waals surface area contributed by atoms with E-state index in [1.54, 1.807) is 30.3 Å². The Balaban J connectivity index is 2.32. The third-order valence-electron chi connectivity index (χ3n) is 3.35. The molecule has 0 fully saturated rings. The van der Waals surface area contributed by atoms with E-state index in [9.17, 15) is 13.2 Å². The minimum absolute atomic E-state index is 0.113. The zero-order chi connectivity index (χ0) is 15.0. The van der Waals surface area contributed by atoms with E-state index >= 15 is 0 Å². The highest BCUT2D eigenvalue weighted by Gasteiger charge is 2.22. The summed E-state index contributed by atoms with van der Waals surface area (Å²) in [7, 11) is -3.82. The van der Waals surface area contributed by atoms with Crippen LogP contribution in [0, 0.1) is 6.92 Å². The van der Waals surface area contributed by atoms with Crippen LogP contribution in [0.25, 0.3) is 10.9 Å².